The lowest BCUT2D eigenvalue weighted by Crippen LogP contribution is -2.32. The number of aliphatic hydroxyl groups is 1. The Morgan fingerprint density at radius 2 is 1.93 bits per heavy atom. The second-order valence-corrected chi connectivity index (χ2v) is 7.94. The maximum absolute atomic E-state index is 11.9. The van der Waals surface area contributed by atoms with Crippen molar-refractivity contribution in [3.05, 3.63) is 64.7 Å². The molecule has 3 atom stereocenters. The summed E-state index contributed by atoms with van der Waals surface area (Å²) in [6.07, 6.45) is 2.16. The lowest BCUT2D eigenvalue weighted by atomic mass is 10.1. The van der Waals surface area contributed by atoms with E-state index in [0.29, 0.717) is 23.7 Å². The van der Waals surface area contributed by atoms with Crippen LogP contribution in [0.1, 0.15) is 50.3 Å². The zero-order chi connectivity index (χ0) is 21.9. The van der Waals surface area contributed by atoms with Crippen molar-refractivity contribution in [2.45, 2.75) is 57.8 Å². The minimum Gasteiger partial charge on any atom is -0.479 e. The van der Waals surface area contributed by atoms with Crippen molar-refractivity contribution in [3.63, 3.8) is 0 Å². The summed E-state index contributed by atoms with van der Waals surface area (Å²) in [6.45, 7) is 4.60. The second-order valence-electron chi connectivity index (χ2n) is 7.50. The van der Waals surface area contributed by atoms with Gasteiger partial charge in [-0.15, -0.1) is 0 Å². The molecule has 0 aliphatic rings. The zero-order valence-electron chi connectivity index (χ0n) is 17.9. The second kappa shape index (κ2) is 12.6. The highest BCUT2D eigenvalue weighted by Gasteiger charge is 2.20. The average molecular weight is 434 g/mol. The summed E-state index contributed by atoms with van der Waals surface area (Å²) in [4.78, 5) is 11.9. The van der Waals surface area contributed by atoms with Crippen molar-refractivity contribution in [3.8, 4) is 5.75 Å². The predicted molar refractivity (Wildman–Crippen MR) is 120 cm³/mol. The Labute approximate surface area is 184 Å². The largest absolute Gasteiger partial charge is 0.479 e. The average Bonchev–Trinajstić information content (AvgIpc) is 2.75. The highest BCUT2D eigenvalue weighted by atomic mass is 35.5. The molecule has 0 fully saturated rings. The molecule has 2 aromatic rings. The van der Waals surface area contributed by atoms with Gasteiger partial charge in [-0.2, -0.15) is 0 Å². The van der Waals surface area contributed by atoms with Crippen molar-refractivity contribution in [1.29, 1.82) is 0 Å². The number of benzene rings is 2. The molecule has 5 nitrogen and oxygen atoms in total. The molecule has 0 aromatic heterocycles. The minimum atomic E-state index is -0.611. The van der Waals surface area contributed by atoms with Crippen molar-refractivity contribution in [1.82, 2.24) is 5.32 Å². The van der Waals surface area contributed by atoms with Gasteiger partial charge in [-0.1, -0.05) is 49.2 Å². The number of methoxy groups -OCH3 is 1. The van der Waals surface area contributed by atoms with Crippen LogP contribution >= 0.6 is 11.6 Å². The van der Waals surface area contributed by atoms with Crippen molar-refractivity contribution < 1.29 is 19.4 Å². The van der Waals surface area contributed by atoms with E-state index in [1.807, 2.05) is 36.4 Å². The van der Waals surface area contributed by atoms with Crippen LogP contribution in [0.5, 0.6) is 5.75 Å². The van der Waals surface area contributed by atoms with Crippen LogP contribution < -0.4 is 10.1 Å². The highest BCUT2D eigenvalue weighted by molar-refractivity contribution is 6.30. The lowest BCUT2D eigenvalue weighted by molar-refractivity contribution is -0.149. The van der Waals surface area contributed by atoms with Gasteiger partial charge in [-0.05, 0) is 61.6 Å². The molecular weight excluding hydrogens is 402 g/mol. The van der Waals surface area contributed by atoms with Crippen molar-refractivity contribution in [2.24, 2.45) is 0 Å². The number of esters is 1. The molecule has 3 unspecified atom stereocenters. The maximum Gasteiger partial charge on any atom is 0.347 e. The first-order chi connectivity index (χ1) is 14.4. The van der Waals surface area contributed by atoms with E-state index in [1.165, 1.54) is 7.11 Å². The summed E-state index contributed by atoms with van der Waals surface area (Å²) in [5.74, 6) is 0.311. The smallest absolute Gasteiger partial charge is 0.347 e. The standard InChI is InChI=1S/C24H32ClNO4/c1-4-5-9-23(24(28)29-3)30-21-12-10-18(11-13-21)14-17(2)26-16-22(27)19-7-6-8-20(25)15-19/h6-8,10-13,15,17,22-23,26-27H,4-5,9,14,16H2,1-3H3. The van der Waals surface area contributed by atoms with Gasteiger partial charge in [0.15, 0.2) is 6.10 Å². The van der Waals surface area contributed by atoms with E-state index in [4.69, 9.17) is 21.1 Å². The molecule has 6 heteroatoms. The van der Waals surface area contributed by atoms with E-state index in [0.717, 1.165) is 30.4 Å². The summed E-state index contributed by atoms with van der Waals surface area (Å²) in [5, 5.41) is 14.3. The molecule has 0 bridgehead atoms. The van der Waals surface area contributed by atoms with Crippen LogP contribution in [0.15, 0.2) is 48.5 Å². The Kier molecular flexibility index (Phi) is 10.1. The number of aliphatic hydroxyl groups excluding tert-OH is 1. The Morgan fingerprint density at radius 1 is 1.20 bits per heavy atom. The van der Waals surface area contributed by atoms with Crippen LogP contribution in [-0.2, 0) is 16.0 Å². The molecular formula is C24H32ClNO4. The van der Waals surface area contributed by atoms with Gasteiger partial charge in [0.05, 0.1) is 13.2 Å². The number of ether oxygens (including phenoxy) is 2. The number of hydrogen-bond donors (Lipinski definition) is 2. The molecule has 2 aromatic carbocycles. The van der Waals surface area contributed by atoms with Crippen molar-refractivity contribution >= 4 is 17.6 Å². The summed E-state index contributed by atoms with van der Waals surface area (Å²) >= 11 is 5.99. The molecule has 0 saturated heterocycles. The fraction of sp³-hybridized carbons (Fsp3) is 0.458. The molecule has 2 rings (SSSR count). The van der Waals surface area contributed by atoms with E-state index in [1.54, 1.807) is 12.1 Å². The number of hydrogen-bond acceptors (Lipinski definition) is 5. The van der Waals surface area contributed by atoms with Gasteiger partial charge in [0.1, 0.15) is 5.75 Å². The van der Waals surface area contributed by atoms with Gasteiger partial charge in [-0.3, -0.25) is 0 Å². The normalized spacial score (nSPS) is 14.0. The predicted octanol–water partition coefficient (Wildman–Crippen LogP) is 4.70. The molecule has 2 N–H and O–H groups in total. The Balaban J connectivity index is 1.84. The highest BCUT2D eigenvalue weighted by Crippen LogP contribution is 2.19. The van der Waals surface area contributed by atoms with E-state index < -0.39 is 12.2 Å². The number of nitrogens with one attached hydrogen (secondary N) is 1. The van der Waals surface area contributed by atoms with Gasteiger partial charge in [0.2, 0.25) is 0 Å². The topological polar surface area (TPSA) is 67.8 Å². The van der Waals surface area contributed by atoms with Gasteiger partial charge in [-0.25, -0.2) is 4.79 Å². The first kappa shape index (κ1) is 24.2. The van der Waals surface area contributed by atoms with Crippen LogP contribution in [0, 0.1) is 0 Å². The molecule has 0 radical (unpaired) electrons. The van der Waals surface area contributed by atoms with E-state index in [2.05, 4.69) is 19.2 Å². The van der Waals surface area contributed by atoms with Crippen LogP contribution in [-0.4, -0.2) is 36.9 Å². The molecule has 30 heavy (non-hydrogen) atoms. The Morgan fingerprint density at radius 3 is 2.57 bits per heavy atom. The summed E-state index contributed by atoms with van der Waals surface area (Å²) < 4.78 is 10.7. The SMILES string of the molecule is CCCCC(Oc1ccc(CC(C)NCC(O)c2cccc(Cl)c2)cc1)C(=O)OC. The molecule has 0 aliphatic heterocycles. The molecule has 0 saturated carbocycles. The monoisotopic (exact) mass is 433 g/mol. The first-order valence-electron chi connectivity index (χ1n) is 10.4. The van der Waals surface area contributed by atoms with E-state index >= 15 is 0 Å². The van der Waals surface area contributed by atoms with Crippen molar-refractivity contribution in [2.75, 3.05) is 13.7 Å². The Hall–Kier alpha value is -2.08. The molecule has 0 aliphatic carbocycles. The van der Waals surface area contributed by atoms with Gasteiger partial charge in [0, 0.05) is 17.6 Å². The fourth-order valence-corrected chi connectivity index (χ4v) is 3.38. The van der Waals surface area contributed by atoms with E-state index in [-0.39, 0.29) is 12.0 Å². The summed E-state index contributed by atoms with van der Waals surface area (Å²) in [6, 6.07) is 15.2. The number of carbonyl (C=O) groups is 1. The lowest BCUT2D eigenvalue weighted by Gasteiger charge is -2.19. The quantitative estimate of drug-likeness (QED) is 0.474. The number of carbonyl (C=O) groups excluding carboxylic acids is 1. The minimum absolute atomic E-state index is 0.179. The number of rotatable bonds is 12. The van der Waals surface area contributed by atoms with Crippen LogP contribution in [0.3, 0.4) is 0 Å². The van der Waals surface area contributed by atoms with Gasteiger partial charge in [0.25, 0.3) is 0 Å². The van der Waals surface area contributed by atoms with Gasteiger partial charge < -0.3 is 19.9 Å². The number of halogens is 1. The van der Waals surface area contributed by atoms with Crippen LogP contribution in [0.4, 0.5) is 0 Å². The fourth-order valence-electron chi connectivity index (χ4n) is 3.18. The van der Waals surface area contributed by atoms with Crippen LogP contribution in [0.25, 0.3) is 0 Å². The third-order valence-corrected chi connectivity index (χ3v) is 5.16. The Bertz CT molecular complexity index is 781. The van der Waals surface area contributed by atoms with E-state index in [9.17, 15) is 9.90 Å². The third-order valence-electron chi connectivity index (χ3n) is 4.92. The van der Waals surface area contributed by atoms with Crippen LogP contribution in [0.2, 0.25) is 5.02 Å². The maximum atomic E-state index is 11.9. The summed E-state index contributed by atoms with van der Waals surface area (Å²) in [7, 11) is 1.38. The zero-order valence-corrected chi connectivity index (χ0v) is 18.7. The molecule has 0 heterocycles. The number of unbranched alkanes of at least 4 members (excludes halogenated alkanes) is 1. The first-order valence-corrected chi connectivity index (χ1v) is 10.8. The van der Waals surface area contributed by atoms with Gasteiger partial charge >= 0.3 is 5.97 Å². The third kappa shape index (κ3) is 7.98. The molecule has 164 valence electrons. The summed E-state index contributed by atoms with van der Waals surface area (Å²) in [5.41, 5.74) is 1.94. The molecule has 0 amide bonds. The molecule has 0 spiro atoms.